The second kappa shape index (κ2) is 10.4. The van der Waals surface area contributed by atoms with Gasteiger partial charge in [0.25, 0.3) is 5.91 Å². The van der Waals surface area contributed by atoms with Gasteiger partial charge in [-0.1, -0.05) is 31.4 Å². The summed E-state index contributed by atoms with van der Waals surface area (Å²) in [5.74, 6) is 0.562. The van der Waals surface area contributed by atoms with Crippen molar-refractivity contribution in [1.82, 2.24) is 5.43 Å². The summed E-state index contributed by atoms with van der Waals surface area (Å²) < 4.78 is 5.53. The summed E-state index contributed by atoms with van der Waals surface area (Å²) in [5, 5.41) is 6.96. The van der Waals surface area contributed by atoms with Gasteiger partial charge in [-0.2, -0.15) is 5.10 Å². The number of carbonyl (C=O) groups excluding carboxylic acids is 2. The minimum Gasteiger partial charge on any atom is -0.493 e. The Hall–Kier alpha value is -3.15. The zero-order valence-corrected chi connectivity index (χ0v) is 16.7. The molecule has 0 radical (unpaired) electrons. The molecule has 1 fully saturated rings. The molecule has 29 heavy (non-hydrogen) atoms. The molecule has 2 aromatic rings. The minimum absolute atomic E-state index is 0.0689. The number of hydrogen-bond acceptors (Lipinski definition) is 4. The first-order valence-electron chi connectivity index (χ1n) is 10.1. The fourth-order valence-electron chi connectivity index (χ4n) is 3.41. The Balaban J connectivity index is 1.54. The number of carbonyl (C=O) groups is 2. The van der Waals surface area contributed by atoms with Gasteiger partial charge in [-0.3, -0.25) is 9.59 Å². The summed E-state index contributed by atoms with van der Waals surface area (Å²) in [4.78, 5) is 24.6. The highest BCUT2D eigenvalue weighted by atomic mass is 16.5. The number of rotatable bonds is 7. The molecular weight excluding hydrogens is 366 g/mol. The lowest BCUT2D eigenvalue weighted by Gasteiger charge is -2.20. The lowest BCUT2D eigenvalue weighted by molar-refractivity contribution is -0.120. The van der Waals surface area contributed by atoms with Gasteiger partial charge in [-0.25, -0.2) is 5.43 Å². The van der Waals surface area contributed by atoms with Crippen molar-refractivity contribution in [2.24, 2.45) is 11.0 Å². The van der Waals surface area contributed by atoms with E-state index in [4.69, 9.17) is 4.74 Å². The van der Waals surface area contributed by atoms with Gasteiger partial charge >= 0.3 is 0 Å². The van der Waals surface area contributed by atoms with Crippen molar-refractivity contribution in [2.45, 2.75) is 39.0 Å². The van der Waals surface area contributed by atoms with Gasteiger partial charge < -0.3 is 10.1 Å². The Morgan fingerprint density at radius 3 is 2.52 bits per heavy atom. The van der Waals surface area contributed by atoms with Crippen LogP contribution in [-0.4, -0.2) is 24.6 Å². The average molecular weight is 393 g/mol. The number of hydrogen-bond donors (Lipinski definition) is 2. The summed E-state index contributed by atoms with van der Waals surface area (Å²) in [5.41, 5.74) is 4.47. The lowest BCUT2D eigenvalue weighted by atomic mass is 9.88. The van der Waals surface area contributed by atoms with Crippen molar-refractivity contribution in [2.75, 3.05) is 11.9 Å². The van der Waals surface area contributed by atoms with Crippen molar-refractivity contribution in [3.05, 3.63) is 59.7 Å². The van der Waals surface area contributed by atoms with Crippen molar-refractivity contribution >= 4 is 23.7 Å². The second-order valence-electron chi connectivity index (χ2n) is 7.07. The molecule has 2 N–H and O–H groups in total. The quantitative estimate of drug-likeness (QED) is 0.541. The molecule has 0 heterocycles. The zero-order chi connectivity index (χ0) is 20.5. The molecule has 6 nitrogen and oxygen atoms in total. The Kier molecular flexibility index (Phi) is 7.39. The minimum atomic E-state index is -0.319. The van der Waals surface area contributed by atoms with Crippen LogP contribution in [0.5, 0.6) is 5.75 Å². The Bertz CT molecular complexity index is 856. The fraction of sp³-hybridized carbons (Fsp3) is 0.348. The standard InChI is InChI=1S/C23H27N3O3/c1-2-29-21-11-7-6-10-19(21)16-24-26-23(28)18-12-14-20(15-13-18)25-22(27)17-8-4-3-5-9-17/h6-7,10-17H,2-5,8-9H2,1H3,(H,25,27)(H,26,28)/b24-16+. The second-order valence-corrected chi connectivity index (χ2v) is 7.07. The van der Waals surface area contributed by atoms with E-state index in [1.54, 1.807) is 30.5 Å². The van der Waals surface area contributed by atoms with Gasteiger partial charge in [0, 0.05) is 22.7 Å². The molecule has 1 aliphatic carbocycles. The molecule has 0 aliphatic heterocycles. The molecule has 6 heteroatoms. The van der Waals surface area contributed by atoms with E-state index in [0.717, 1.165) is 31.2 Å². The van der Waals surface area contributed by atoms with E-state index in [9.17, 15) is 9.59 Å². The SMILES string of the molecule is CCOc1ccccc1/C=N/NC(=O)c1ccc(NC(=O)C2CCCCC2)cc1. The van der Waals surface area contributed by atoms with Crippen molar-refractivity contribution in [3.8, 4) is 5.75 Å². The van der Waals surface area contributed by atoms with Gasteiger partial charge in [0.2, 0.25) is 5.91 Å². The van der Waals surface area contributed by atoms with Crippen LogP contribution in [-0.2, 0) is 4.79 Å². The summed E-state index contributed by atoms with van der Waals surface area (Å²) in [7, 11) is 0. The highest BCUT2D eigenvalue weighted by Gasteiger charge is 2.21. The van der Waals surface area contributed by atoms with Crippen molar-refractivity contribution in [3.63, 3.8) is 0 Å². The Morgan fingerprint density at radius 2 is 1.79 bits per heavy atom. The normalized spacial score (nSPS) is 14.5. The smallest absolute Gasteiger partial charge is 0.271 e. The highest BCUT2D eigenvalue weighted by molar-refractivity contribution is 5.96. The molecule has 1 aliphatic rings. The van der Waals surface area contributed by atoms with Crippen LogP contribution >= 0.6 is 0 Å². The molecule has 2 aromatic carbocycles. The Morgan fingerprint density at radius 1 is 1.07 bits per heavy atom. The summed E-state index contributed by atoms with van der Waals surface area (Å²) in [6.07, 6.45) is 6.92. The van der Waals surface area contributed by atoms with E-state index in [0.29, 0.717) is 23.6 Å². The molecule has 0 saturated heterocycles. The van der Waals surface area contributed by atoms with Crippen LogP contribution in [0.15, 0.2) is 53.6 Å². The van der Waals surface area contributed by atoms with E-state index < -0.39 is 0 Å². The molecule has 0 spiro atoms. The maximum Gasteiger partial charge on any atom is 0.271 e. The van der Waals surface area contributed by atoms with E-state index in [1.807, 2.05) is 31.2 Å². The van der Waals surface area contributed by atoms with Gasteiger partial charge in [-0.05, 0) is 56.2 Å². The van der Waals surface area contributed by atoms with Gasteiger partial charge in [0.1, 0.15) is 5.75 Å². The first-order chi connectivity index (χ1) is 14.2. The van der Waals surface area contributed by atoms with Crippen LogP contribution in [0.3, 0.4) is 0 Å². The number of anilines is 1. The predicted octanol–water partition coefficient (Wildman–Crippen LogP) is 4.37. The lowest BCUT2D eigenvalue weighted by Crippen LogP contribution is -2.24. The molecule has 152 valence electrons. The third kappa shape index (κ3) is 5.91. The number of para-hydroxylation sites is 1. The molecule has 0 atom stereocenters. The number of benzene rings is 2. The van der Waals surface area contributed by atoms with Crippen LogP contribution < -0.4 is 15.5 Å². The van der Waals surface area contributed by atoms with Crippen LogP contribution in [0.4, 0.5) is 5.69 Å². The van der Waals surface area contributed by atoms with Gasteiger partial charge in [0.05, 0.1) is 12.8 Å². The first-order valence-corrected chi connectivity index (χ1v) is 10.1. The van der Waals surface area contributed by atoms with E-state index in [2.05, 4.69) is 15.8 Å². The van der Waals surface area contributed by atoms with Gasteiger partial charge in [-0.15, -0.1) is 0 Å². The van der Waals surface area contributed by atoms with Crippen molar-refractivity contribution < 1.29 is 14.3 Å². The van der Waals surface area contributed by atoms with Crippen molar-refractivity contribution in [1.29, 1.82) is 0 Å². The topological polar surface area (TPSA) is 79.8 Å². The first kappa shape index (κ1) is 20.6. The molecular formula is C23H27N3O3. The zero-order valence-electron chi connectivity index (χ0n) is 16.7. The maximum absolute atomic E-state index is 12.3. The van der Waals surface area contributed by atoms with Crippen LogP contribution in [0.2, 0.25) is 0 Å². The summed E-state index contributed by atoms with van der Waals surface area (Å²) in [6, 6.07) is 14.3. The molecule has 0 bridgehead atoms. The predicted molar refractivity (Wildman–Crippen MR) is 114 cm³/mol. The number of amides is 2. The number of nitrogens with one attached hydrogen (secondary N) is 2. The summed E-state index contributed by atoms with van der Waals surface area (Å²) in [6.45, 7) is 2.47. The van der Waals surface area contributed by atoms with Crippen LogP contribution in [0.25, 0.3) is 0 Å². The van der Waals surface area contributed by atoms with E-state index >= 15 is 0 Å². The molecule has 3 rings (SSSR count). The number of ether oxygens (including phenoxy) is 1. The monoisotopic (exact) mass is 393 g/mol. The molecule has 0 aromatic heterocycles. The maximum atomic E-state index is 12.3. The number of nitrogens with zero attached hydrogens (tertiary/aromatic N) is 1. The highest BCUT2D eigenvalue weighted by Crippen LogP contribution is 2.25. The molecule has 2 amide bonds. The molecule has 1 saturated carbocycles. The third-order valence-corrected chi connectivity index (χ3v) is 4.98. The third-order valence-electron chi connectivity index (χ3n) is 4.98. The largest absolute Gasteiger partial charge is 0.493 e. The summed E-state index contributed by atoms with van der Waals surface area (Å²) >= 11 is 0. The van der Waals surface area contributed by atoms with Crippen LogP contribution in [0.1, 0.15) is 54.9 Å². The Labute approximate surface area is 171 Å². The molecule has 0 unspecified atom stereocenters. The van der Waals surface area contributed by atoms with Gasteiger partial charge in [0.15, 0.2) is 0 Å². The fourth-order valence-corrected chi connectivity index (χ4v) is 3.41. The average Bonchev–Trinajstić information content (AvgIpc) is 2.76. The van der Waals surface area contributed by atoms with Crippen LogP contribution in [0, 0.1) is 5.92 Å². The van der Waals surface area contributed by atoms with E-state index in [1.165, 1.54) is 6.42 Å². The van der Waals surface area contributed by atoms with E-state index in [-0.39, 0.29) is 17.7 Å². The number of hydrazone groups is 1.